The van der Waals surface area contributed by atoms with Crippen molar-refractivity contribution in [3.63, 3.8) is 0 Å². The third-order valence-corrected chi connectivity index (χ3v) is 4.83. The summed E-state index contributed by atoms with van der Waals surface area (Å²) >= 11 is 11.2. The van der Waals surface area contributed by atoms with Crippen LogP contribution in [0.4, 0.5) is 22.0 Å². The van der Waals surface area contributed by atoms with E-state index in [1.165, 1.54) is 24.3 Å². The molecule has 0 saturated carbocycles. The van der Waals surface area contributed by atoms with Crippen molar-refractivity contribution in [3.05, 3.63) is 74.5 Å². The van der Waals surface area contributed by atoms with Gasteiger partial charge in [0.15, 0.2) is 17.8 Å². The van der Waals surface area contributed by atoms with Crippen molar-refractivity contribution in [2.75, 3.05) is 0 Å². The van der Waals surface area contributed by atoms with Gasteiger partial charge >= 0.3 is 6.18 Å². The molecule has 8 heteroatoms. The van der Waals surface area contributed by atoms with Crippen LogP contribution in [0, 0.1) is 5.82 Å². The lowest BCUT2D eigenvalue weighted by Crippen LogP contribution is -2.19. The molecule has 2 aromatic rings. The summed E-state index contributed by atoms with van der Waals surface area (Å²) < 4.78 is 67.4. The van der Waals surface area contributed by atoms with Gasteiger partial charge in [0.25, 0.3) is 0 Å². The molecular weight excluding hydrogens is 410 g/mol. The zero-order valence-electron chi connectivity index (χ0n) is 13.5. The van der Waals surface area contributed by atoms with Gasteiger partial charge in [0.2, 0.25) is 0 Å². The number of benzene rings is 2. The summed E-state index contributed by atoms with van der Waals surface area (Å²) in [6.45, 7) is 0. The Morgan fingerprint density at radius 1 is 1.11 bits per heavy atom. The fourth-order valence-corrected chi connectivity index (χ4v) is 3.46. The molecule has 0 heterocycles. The maximum absolute atomic E-state index is 13.5. The zero-order valence-corrected chi connectivity index (χ0v) is 15.0. The van der Waals surface area contributed by atoms with Gasteiger partial charge in [-0.1, -0.05) is 53.6 Å². The van der Waals surface area contributed by atoms with Crippen LogP contribution >= 0.6 is 23.2 Å². The first-order chi connectivity index (χ1) is 12.6. The predicted octanol–water partition coefficient (Wildman–Crippen LogP) is 6.57. The Kier molecular flexibility index (Phi) is 5.32. The number of rotatable bonds is 3. The number of hydrogen-bond donors (Lipinski definition) is 0. The second kappa shape index (κ2) is 7.24. The van der Waals surface area contributed by atoms with E-state index in [-0.39, 0.29) is 17.5 Å². The molecule has 0 spiro atoms. The van der Waals surface area contributed by atoms with Gasteiger partial charge in [-0.05, 0) is 28.8 Å². The van der Waals surface area contributed by atoms with Gasteiger partial charge in [0.05, 0.1) is 16.0 Å². The quantitative estimate of drug-likeness (QED) is 0.405. The van der Waals surface area contributed by atoms with Crippen molar-refractivity contribution >= 4 is 35.1 Å². The number of allylic oxidation sites excluding steroid dienone is 1. The smallest absolute Gasteiger partial charge is 0.291 e. The largest absolute Gasteiger partial charge is 0.399 e. The highest BCUT2D eigenvalue weighted by atomic mass is 35.5. The molecule has 2 aromatic carbocycles. The van der Waals surface area contributed by atoms with Crippen LogP contribution in [0.2, 0.25) is 10.0 Å². The fourth-order valence-electron chi connectivity index (χ4n) is 2.95. The Labute approximate surface area is 161 Å². The minimum atomic E-state index is -4.67. The van der Waals surface area contributed by atoms with E-state index in [1.54, 1.807) is 0 Å². The summed E-state index contributed by atoms with van der Waals surface area (Å²) in [6, 6.07) is 6.05. The van der Waals surface area contributed by atoms with Gasteiger partial charge in [-0.3, -0.25) is 4.79 Å². The summed E-state index contributed by atoms with van der Waals surface area (Å²) in [7, 11) is 0. The lowest BCUT2D eigenvalue weighted by Gasteiger charge is -2.18. The molecule has 0 saturated heterocycles. The lowest BCUT2D eigenvalue weighted by molar-refractivity contribution is -0.139. The van der Waals surface area contributed by atoms with E-state index in [1.807, 2.05) is 0 Å². The molecule has 1 aliphatic carbocycles. The number of carbonyl (C=O) groups is 1. The number of fused-ring (bicyclic) bond motifs is 1. The molecule has 3 rings (SSSR count). The van der Waals surface area contributed by atoms with Crippen molar-refractivity contribution in [1.29, 1.82) is 0 Å². The van der Waals surface area contributed by atoms with Crippen molar-refractivity contribution in [2.45, 2.75) is 24.7 Å². The summed E-state index contributed by atoms with van der Waals surface area (Å²) in [5.74, 6) is -3.68. The van der Waals surface area contributed by atoms with Crippen LogP contribution < -0.4 is 0 Å². The first-order valence-electron chi connectivity index (χ1n) is 7.78. The van der Waals surface area contributed by atoms with Crippen molar-refractivity contribution in [3.8, 4) is 0 Å². The SMILES string of the molecule is O=C1c2ccc(C=CC(c3cc(Cl)c(F)c(Cl)c3)C(F)(F)F)cc2CC1F. The Morgan fingerprint density at radius 3 is 2.33 bits per heavy atom. The summed E-state index contributed by atoms with van der Waals surface area (Å²) in [5, 5.41) is -1.02. The van der Waals surface area contributed by atoms with Crippen LogP contribution in [0.5, 0.6) is 0 Å². The minimum Gasteiger partial charge on any atom is -0.291 e. The highest BCUT2D eigenvalue weighted by Crippen LogP contribution is 2.39. The average Bonchev–Trinajstić information content (AvgIpc) is 2.85. The molecule has 0 N–H and O–H groups in total. The Morgan fingerprint density at radius 2 is 1.74 bits per heavy atom. The highest BCUT2D eigenvalue weighted by Gasteiger charge is 2.39. The fraction of sp³-hybridized carbons (Fsp3) is 0.211. The van der Waals surface area contributed by atoms with Crippen LogP contribution in [-0.4, -0.2) is 18.1 Å². The molecule has 0 bridgehead atoms. The minimum absolute atomic E-state index is 0.0955. The van der Waals surface area contributed by atoms with Gasteiger partial charge in [0.1, 0.15) is 0 Å². The third kappa shape index (κ3) is 4.01. The lowest BCUT2D eigenvalue weighted by atomic mass is 9.96. The van der Waals surface area contributed by atoms with Crippen molar-refractivity contribution < 1.29 is 26.7 Å². The van der Waals surface area contributed by atoms with Crippen molar-refractivity contribution in [1.82, 2.24) is 0 Å². The first-order valence-corrected chi connectivity index (χ1v) is 8.54. The molecule has 27 heavy (non-hydrogen) atoms. The molecule has 2 atom stereocenters. The van der Waals surface area contributed by atoms with E-state index in [9.17, 15) is 26.7 Å². The molecule has 2 unspecified atom stereocenters. The monoisotopic (exact) mass is 420 g/mol. The van der Waals surface area contributed by atoms with E-state index >= 15 is 0 Å². The molecule has 0 aliphatic heterocycles. The molecule has 1 aliphatic rings. The second-order valence-corrected chi connectivity index (χ2v) is 6.94. The molecular formula is C19H11Cl2F5O. The normalized spacial score (nSPS) is 18.2. The van der Waals surface area contributed by atoms with Crippen LogP contribution in [-0.2, 0) is 6.42 Å². The summed E-state index contributed by atoms with van der Waals surface area (Å²) in [5.41, 5.74) is 0.759. The summed E-state index contributed by atoms with van der Waals surface area (Å²) in [6.07, 6.45) is -4.30. The number of alkyl halides is 4. The van der Waals surface area contributed by atoms with E-state index < -0.39 is 39.9 Å². The summed E-state index contributed by atoms with van der Waals surface area (Å²) in [4.78, 5) is 11.6. The van der Waals surface area contributed by atoms with Gasteiger partial charge in [-0.2, -0.15) is 13.2 Å². The topological polar surface area (TPSA) is 17.1 Å². The molecule has 0 fully saturated rings. The number of Topliss-reactive ketones (excluding diaryl/α,β-unsaturated/α-hetero) is 1. The van der Waals surface area contributed by atoms with Crippen LogP contribution in [0.3, 0.4) is 0 Å². The first kappa shape index (κ1) is 19.8. The van der Waals surface area contributed by atoms with Crippen LogP contribution in [0.1, 0.15) is 33.0 Å². The average molecular weight is 421 g/mol. The van der Waals surface area contributed by atoms with Gasteiger partial charge in [0, 0.05) is 12.0 Å². The Hall–Kier alpha value is -1.92. The number of halogens is 7. The van der Waals surface area contributed by atoms with Crippen molar-refractivity contribution in [2.24, 2.45) is 0 Å². The van der Waals surface area contributed by atoms with Gasteiger partial charge in [-0.25, -0.2) is 8.78 Å². The number of carbonyl (C=O) groups excluding carboxylic acids is 1. The molecule has 142 valence electrons. The number of hydrogen-bond acceptors (Lipinski definition) is 1. The molecule has 0 amide bonds. The van der Waals surface area contributed by atoms with E-state index in [4.69, 9.17) is 23.2 Å². The maximum Gasteiger partial charge on any atom is 0.399 e. The third-order valence-electron chi connectivity index (χ3n) is 4.28. The van der Waals surface area contributed by atoms with E-state index in [0.717, 1.165) is 18.2 Å². The van der Waals surface area contributed by atoms with Gasteiger partial charge < -0.3 is 0 Å². The van der Waals surface area contributed by atoms with E-state index in [0.29, 0.717) is 11.1 Å². The Balaban J connectivity index is 1.95. The second-order valence-electron chi connectivity index (χ2n) is 6.13. The van der Waals surface area contributed by atoms with Gasteiger partial charge in [-0.15, -0.1) is 0 Å². The highest BCUT2D eigenvalue weighted by molar-refractivity contribution is 6.35. The van der Waals surface area contributed by atoms with Crippen LogP contribution in [0.25, 0.3) is 6.08 Å². The zero-order chi connectivity index (χ0) is 19.9. The molecule has 1 nitrogen and oxygen atoms in total. The standard InChI is InChI=1S/C19H11Cl2F5O/c20-14-6-11(7-15(21)17(14)23)13(19(24,25)26)4-2-9-1-3-12-10(5-9)8-16(22)18(12)27/h1-7,13,16H,8H2. The number of ketones is 1. The Bertz CT molecular complexity index is 913. The maximum atomic E-state index is 13.5. The molecule has 0 aromatic heterocycles. The predicted molar refractivity (Wildman–Crippen MR) is 93.6 cm³/mol. The van der Waals surface area contributed by atoms with E-state index in [2.05, 4.69) is 0 Å². The molecule has 0 radical (unpaired) electrons. The van der Waals surface area contributed by atoms with Crippen LogP contribution in [0.15, 0.2) is 36.4 Å².